The normalized spacial score (nSPS) is 12.1. The van der Waals surface area contributed by atoms with Gasteiger partial charge in [0.05, 0.1) is 11.7 Å². The van der Waals surface area contributed by atoms with Crippen molar-refractivity contribution in [2.75, 3.05) is 5.73 Å². The minimum atomic E-state index is -0.522. The molecule has 0 bridgehead atoms. The van der Waals surface area contributed by atoms with Crippen LogP contribution in [0.3, 0.4) is 0 Å². The van der Waals surface area contributed by atoms with Gasteiger partial charge in [0.1, 0.15) is 5.75 Å². The Morgan fingerprint density at radius 2 is 2.19 bits per heavy atom. The third kappa shape index (κ3) is 3.15. The van der Waals surface area contributed by atoms with Crippen LogP contribution in [0.4, 0.5) is 5.69 Å². The van der Waals surface area contributed by atoms with Crippen LogP contribution in [0.1, 0.15) is 37.0 Å². The summed E-state index contributed by atoms with van der Waals surface area (Å²) in [6, 6.07) is 4.92. The summed E-state index contributed by atoms with van der Waals surface area (Å²) in [5.74, 6) is -0.0198. The number of primary amides is 1. The molecule has 1 aromatic carbocycles. The van der Waals surface area contributed by atoms with Gasteiger partial charge in [0.2, 0.25) is 0 Å². The second-order valence-electron chi connectivity index (χ2n) is 3.84. The molecular weight excluding hydrogens is 204 g/mol. The van der Waals surface area contributed by atoms with E-state index in [-0.39, 0.29) is 6.10 Å². The lowest BCUT2D eigenvalue weighted by molar-refractivity contribution is 0.0993. The van der Waals surface area contributed by atoms with E-state index in [4.69, 9.17) is 16.2 Å². The summed E-state index contributed by atoms with van der Waals surface area (Å²) in [4.78, 5) is 11.2. The van der Waals surface area contributed by atoms with Gasteiger partial charge in [-0.1, -0.05) is 13.3 Å². The van der Waals surface area contributed by atoms with E-state index >= 15 is 0 Å². The number of anilines is 1. The Morgan fingerprint density at radius 1 is 1.50 bits per heavy atom. The molecule has 0 fully saturated rings. The van der Waals surface area contributed by atoms with E-state index < -0.39 is 5.91 Å². The highest BCUT2D eigenvalue weighted by Crippen LogP contribution is 2.22. The van der Waals surface area contributed by atoms with Crippen LogP contribution in [-0.2, 0) is 0 Å². The molecule has 0 heterocycles. The molecule has 1 amide bonds. The molecule has 1 rings (SSSR count). The van der Waals surface area contributed by atoms with Gasteiger partial charge in [-0.25, -0.2) is 0 Å². The van der Waals surface area contributed by atoms with Gasteiger partial charge in [-0.2, -0.15) is 0 Å². The zero-order valence-electron chi connectivity index (χ0n) is 9.69. The number of hydrogen-bond donors (Lipinski definition) is 2. The van der Waals surface area contributed by atoms with Crippen molar-refractivity contribution in [3.05, 3.63) is 23.8 Å². The predicted molar refractivity (Wildman–Crippen MR) is 64.4 cm³/mol. The lowest BCUT2D eigenvalue weighted by Crippen LogP contribution is -2.17. The van der Waals surface area contributed by atoms with Crippen LogP contribution >= 0.6 is 0 Å². The van der Waals surface area contributed by atoms with Gasteiger partial charge in [0.15, 0.2) is 0 Å². The molecule has 0 aliphatic carbocycles. The van der Waals surface area contributed by atoms with E-state index in [2.05, 4.69) is 6.92 Å². The minimum Gasteiger partial charge on any atom is -0.490 e. The fourth-order valence-electron chi connectivity index (χ4n) is 1.53. The maximum atomic E-state index is 11.2. The summed E-state index contributed by atoms with van der Waals surface area (Å²) in [5, 5.41) is 0. The molecule has 1 aromatic rings. The Balaban J connectivity index is 2.90. The number of hydrogen-bond acceptors (Lipinski definition) is 3. The Morgan fingerprint density at radius 3 is 2.75 bits per heavy atom. The van der Waals surface area contributed by atoms with Crippen molar-refractivity contribution in [3.8, 4) is 5.75 Å². The third-order valence-corrected chi connectivity index (χ3v) is 2.29. The molecule has 0 aliphatic heterocycles. The first kappa shape index (κ1) is 12.4. The molecule has 0 saturated heterocycles. The molecule has 0 aliphatic rings. The predicted octanol–water partition coefficient (Wildman–Crippen LogP) is 1.94. The highest BCUT2D eigenvalue weighted by Gasteiger charge is 2.12. The molecule has 0 saturated carbocycles. The van der Waals surface area contributed by atoms with Gasteiger partial charge in [0.25, 0.3) is 5.91 Å². The second-order valence-corrected chi connectivity index (χ2v) is 3.84. The Bertz CT molecular complexity index is 377. The summed E-state index contributed by atoms with van der Waals surface area (Å²) >= 11 is 0. The van der Waals surface area contributed by atoms with E-state index in [1.807, 2.05) is 6.92 Å². The molecule has 0 aromatic heterocycles. The summed E-state index contributed by atoms with van der Waals surface area (Å²) in [7, 11) is 0. The summed E-state index contributed by atoms with van der Waals surface area (Å²) in [5.41, 5.74) is 11.7. The van der Waals surface area contributed by atoms with E-state index in [1.165, 1.54) is 6.07 Å². The van der Waals surface area contributed by atoms with Crippen LogP contribution in [0.2, 0.25) is 0 Å². The molecule has 16 heavy (non-hydrogen) atoms. The molecule has 4 heteroatoms. The fraction of sp³-hybridized carbons (Fsp3) is 0.417. The van der Waals surface area contributed by atoms with Crippen molar-refractivity contribution in [1.29, 1.82) is 0 Å². The van der Waals surface area contributed by atoms with Crippen molar-refractivity contribution in [2.45, 2.75) is 32.8 Å². The van der Waals surface area contributed by atoms with Crippen LogP contribution in [0.25, 0.3) is 0 Å². The number of carbonyl (C=O) groups excluding carboxylic acids is 1. The zero-order chi connectivity index (χ0) is 12.1. The zero-order valence-corrected chi connectivity index (χ0v) is 9.69. The standard InChI is InChI=1S/C12H18N2O2/c1-3-4-8(2)16-11-6-5-9(13)7-10(11)12(14)15/h5-8H,3-4,13H2,1-2H3,(H2,14,15). The molecular formula is C12H18N2O2. The van der Waals surface area contributed by atoms with Gasteiger partial charge in [-0.15, -0.1) is 0 Å². The topological polar surface area (TPSA) is 78.3 Å². The second kappa shape index (κ2) is 5.39. The number of nitrogens with two attached hydrogens (primary N) is 2. The number of benzene rings is 1. The van der Waals surface area contributed by atoms with Gasteiger partial charge < -0.3 is 16.2 Å². The maximum Gasteiger partial charge on any atom is 0.252 e. The maximum absolute atomic E-state index is 11.2. The molecule has 0 spiro atoms. The van der Waals surface area contributed by atoms with Crippen molar-refractivity contribution in [1.82, 2.24) is 0 Å². The van der Waals surface area contributed by atoms with Gasteiger partial charge in [0, 0.05) is 5.69 Å². The molecule has 1 unspecified atom stereocenters. The number of amides is 1. The summed E-state index contributed by atoms with van der Waals surface area (Å²) < 4.78 is 5.65. The van der Waals surface area contributed by atoms with Crippen LogP contribution in [0.5, 0.6) is 5.75 Å². The van der Waals surface area contributed by atoms with E-state index in [9.17, 15) is 4.79 Å². The molecule has 88 valence electrons. The van der Waals surface area contributed by atoms with Crippen molar-refractivity contribution in [3.63, 3.8) is 0 Å². The lowest BCUT2D eigenvalue weighted by Gasteiger charge is -2.16. The minimum absolute atomic E-state index is 0.0618. The van der Waals surface area contributed by atoms with Crippen LogP contribution in [0, 0.1) is 0 Å². The third-order valence-electron chi connectivity index (χ3n) is 2.29. The summed E-state index contributed by atoms with van der Waals surface area (Å²) in [6.07, 6.45) is 2.02. The number of carbonyl (C=O) groups is 1. The van der Waals surface area contributed by atoms with Gasteiger partial charge >= 0.3 is 0 Å². The Labute approximate surface area is 95.6 Å². The molecule has 1 atom stereocenters. The lowest BCUT2D eigenvalue weighted by atomic mass is 10.1. The first-order valence-corrected chi connectivity index (χ1v) is 5.40. The molecule has 4 nitrogen and oxygen atoms in total. The quantitative estimate of drug-likeness (QED) is 0.747. The number of ether oxygens (including phenoxy) is 1. The average Bonchev–Trinajstić information content (AvgIpc) is 2.20. The van der Waals surface area contributed by atoms with E-state index in [0.29, 0.717) is 17.0 Å². The number of rotatable bonds is 5. The SMILES string of the molecule is CCCC(C)Oc1ccc(N)cc1C(N)=O. The highest BCUT2D eigenvalue weighted by atomic mass is 16.5. The molecule has 0 radical (unpaired) electrons. The monoisotopic (exact) mass is 222 g/mol. The van der Waals surface area contributed by atoms with E-state index in [0.717, 1.165) is 12.8 Å². The Hall–Kier alpha value is -1.71. The molecule has 4 N–H and O–H groups in total. The largest absolute Gasteiger partial charge is 0.490 e. The van der Waals surface area contributed by atoms with E-state index in [1.54, 1.807) is 12.1 Å². The average molecular weight is 222 g/mol. The first-order chi connectivity index (χ1) is 7.54. The number of nitrogen functional groups attached to an aromatic ring is 1. The Kier molecular flexibility index (Phi) is 4.17. The van der Waals surface area contributed by atoms with Crippen molar-refractivity contribution < 1.29 is 9.53 Å². The first-order valence-electron chi connectivity index (χ1n) is 5.40. The van der Waals surface area contributed by atoms with Crippen molar-refractivity contribution in [2.24, 2.45) is 5.73 Å². The summed E-state index contributed by atoms with van der Waals surface area (Å²) in [6.45, 7) is 4.04. The van der Waals surface area contributed by atoms with Crippen LogP contribution < -0.4 is 16.2 Å². The smallest absolute Gasteiger partial charge is 0.252 e. The van der Waals surface area contributed by atoms with Crippen LogP contribution in [0.15, 0.2) is 18.2 Å². The highest BCUT2D eigenvalue weighted by molar-refractivity contribution is 5.96. The van der Waals surface area contributed by atoms with Gasteiger partial charge in [-0.05, 0) is 31.5 Å². The van der Waals surface area contributed by atoms with Crippen LogP contribution in [-0.4, -0.2) is 12.0 Å². The van der Waals surface area contributed by atoms with Crippen molar-refractivity contribution >= 4 is 11.6 Å². The fourth-order valence-corrected chi connectivity index (χ4v) is 1.53. The van der Waals surface area contributed by atoms with Gasteiger partial charge in [-0.3, -0.25) is 4.79 Å².